The highest BCUT2D eigenvalue weighted by Gasteiger charge is 2.31. The van der Waals surface area contributed by atoms with E-state index in [1.54, 1.807) is 6.20 Å². The Morgan fingerprint density at radius 1 is 0.851 bits per heavy atom. The molecule has 1 aromatic heterocycles. The van der Waals surface area contributed by atoms with Crippen molar-refractivity contribution in [2.24, 2.45) is 0 Å². The second kappa shape index (κ2) is 13.3. The molecule has 1 aliphatic rings. The summed E-state index contributed by atoms with van der Waals surface area (Å²) in [6, 6.07) is 19.0. The molecule has 4 aromatic rings. The second-order valence-corrected chi connectivity index (χ2v) is 13.3. The Labute approximate surface area is 274 Å². The molecule has 0 fully saturated rings. The third-order valence-electron chi connectivity index (χ3n) is 7.17. The number of hydrogen-bond donors (Lipinski definition) is 2. The lowest BCUT2D eigenvalue weighted by Crippen LogP contribution is -2.30. The number of benzene rings is 3. The Morgan fingerprint density at radius 2 is 1.45 bits per heavy atom. The summed E-state index contributed by atoms with van der Waals surface area (Å²) in [7, 11) is 1.99. The van der Waals surface area contributed by atoms with E-state index in [2.05, 4.69) is 25.8 Å². The van der Waals surface area contributed by atoms with Gasteiger partial charge in [0.2, 0.25) is 0 Å². The van der Waals surface area contributed by atoms with E-state index in [1.165, 1.54) is 4.68 Å². The summed E-state index contributed by atoms with van der Waals surface area (Å²) in [4.78, 5) is 27.3. The van der Waals surface area contributed by atoms with E-state index in [0.717, 1.165) is 27.9 Å². The number of hydrogen-bond acceptors (Lipinski definition) is 8. The number of carbonyl (C=O) groups is 2. The molecule has 5 rings (SSSR count). The molecule has 0 radical (unpaired) electrons. The van der Waals surface area contributed by atoms with Crippen LogP contribution in [0.5, 0.6) is 5.75 Å². The number of nitrogens with one attached hydrogen (secondary N) is 2. The van der Waals surface area contributed by atoms with Crippen LogP contribution in [0.2, 0.25) is 0 Å². The monoisotopic (exact) mass is 644 g/mol. The number of anilines is 3. The Bertz CT molecular complexity index is 1740. The first-order valence-corrected chi connectivity index (χ1v) is 15.4. The lowest BCUT2D eigenvalue weighted by molar-refractivity contribution is 0.0624. The van der Waals surface area contributed by atoms with Crippen LogP contribution in [0.1, 0.15) is 64.4 Å². The average Bonchev–Trinajstić information content (AvgIpc) is 3.42. The SMILES string of the molecule is CN1c2cc(NC(=O)OC(C)(C)C)ccc2-c2ccc(NC(=O)OC(C)(C)C)cc2C1c1ccc(OCc2cn(CCF)nn2)cc1. The maximum Gasteiger partial charge on any atom is 0.412 e. The van der Waals surface area contributed by atoms with Crippen LogP contribution in [-0.2, 0) is 22.6 Å². The predicted octanol–water partition coefficient (Wildman–Crippen LogP) is 7.73. The first kappa shape index (κ1) is 33.2. The molecule has 1 unspecified atom stereocenters. The quantitative estimate of drug-likeness (QED) is 0.200. The van der Waals surface area contributed by atoms with Crippen molar-refractivity contribution < 1.29 is 28.2 Å². The Balaban J connectivity index is 1.46. The molecular weight excluding hydrogens is 603 g/mol. The van der Waals surface area contributed by atoms with Gasteiger partial charge in [-0.05, 0) is 94.6 Å². The van der Waals surface area contributed by atoms with Crippen molar-refractivity contribution in [3.05, 3.63) is 83.7 Å². The van der Waals surface area contributed by atoms with Gasteiger partial charge >= 0.3 is 12.2 Å². The molecule has 0 saturated heterocycles. The fraction of sp³-hybridized carbons (Fsp3) is 0.371. The maximum atomic E-state index is 12.6. The highest BCUT2D eigenvalue weighted by molar-refractivity contribution is 5.93. The molecule has 0 bridgehead atoms. The van der Waals surface area contributed by atoms with E-state index >= 15 is 0 Å². The first-order valence-electron chi connectivity index (χ1n) is 15.4. The van der Waals surface area contributed by atoms with E-state index in [-0.39, 0.29) is 19.2 Å². The number of rotatable bonds is 8. The number of nitrogens with zero attached hydrogens (tertiary/aromatic N) is 4. The van der Waals surface area contributed by atoms with Crippen molar-refractivity contribution in [1.82, 2.24) is 15.0 Å². The topological polar surface area (TPSA) is 120 Å². The van der Waals surface area contributed by atoms with Crippen LogP contribution in [-0.4, -0.2) is 52.1 Å². The molecule has 47 heavy (non-hydrogen) atoms. The molecular formula is C35H41FN6O5. The van der Waals surface area contributed by atoms with Gasteiger partial charge in [0.15, 0.2) is 0 Å². The molecule has 0 spiro atoms. The number of halogens is 1. The standard InChI is InChI=1S/C35H41FN6O5/c1-34(2,3)46-32(43)37-23-10-14-27-28-15-11-24(38-33(44)47-35(4,5)6)19-30(28)41(7)31(29(27)18-23)22-8-12-26(13-9-22)45-21-25-20-42(17-16-36)40-39-25/h8-15,18-20,31H,16-17,21H2,1-7H3,(H,37,43)(H,38,44). The summed E-state index contributed by atoms with van der Waals surface area (Å²) in [5.74, 6) is 0.636. The van der Waals surface area contributed by atoms with Crippen LogP contribution < -0.4 is 20.3 Å². The molecule has 3 aromatic carbocycles. The van der Waals surface area contributed by atoms with Gasteiger partial charge in [-0.2, -0.15) is 0 Å². The van der Waals surface area contributed by atoms with E-state index in [4.69, 9.17) is 14.2 Å². The van der Waals surface area contributed by atoms with E-state index in [9.17, 15) is 14.0 Å². The minimum Gasteiger partial charge on any atom is -0.487 e. The number of aryl methyl sites for hydroxylation is 1. The van der Waals surface area contributed by atoms with Crippen molar-refractivity contribution >= 4 is 29.2 Å². The third-order valence-corrected chi connectivity index (χ3v) is 7.17. The minimum absolute atomic E-state index is 0.148. The van der Waals surface area contributed by atoms with Crippen LogP contribution in [0, 0.1) is 0 Å². The minimum atomic E-state index is -0.639. The molecule has 2 heterocycles. The van der Waals surface area contributed by atoms with Crippen molar-refractivity contribution in [2.75, 3.05) is 29.3 Å². The van der Waals surface area contributed by atoms with Gasteiger partial charge in [-0.3, -0.25) is 10.6 Å². The maximum absolute atomic E-state index is 12.6. The number of alkyl halides is 1. The molecule has 2 N–H and O–H groups in total. The Morgan fingerprint density at radius 3 is 2.04 bits per heavy atom. The van der Waals surface area contributed by atoms with Gasteiger partial charge < -0.3 is 19.1 Å². The smallest absolute Gasteiger partial charge is 0.412 e. The summed E-state index contributed by atoms with van der Waals surface area (Å²) in [6.07, 6.45) is 0.586. The number of amides is 2. The lowest BCUT2D eigenvalue weighted by atomic mass is 9.84. The van der Waals surface area contributed by atoms with Crippen LogP contribution in [0.3, 0.4) is 0 Å². The van der Waals surface area contributed by atoms with Gasteiger partial charge in [0.1, 0.15) is 35.9 Å². The van der Waals surface area contributed by atoms with Crippen molar-refractivity contribution in [3.8, 4) is 16.9 Å². The van der Waals surface area contributed by atoms with Crippen LogP contribution >= 0.6 is 0 Å². The Kier molecular flexibility index (Phi) is 9.41. The van der Waals surface area contributed by atoms with E-state index in [0.29, 0.717) is 22.8 Å². The molecule has 1 aliphatic heterocycles. The fourth-order valence-corrected chi connectivity index (χ4v) is 5.34. The highest BCUT2D eigenvalue weighted by atomic mass is 19.1. The van der Waals surface area contributed by atoms with Gasteiger partial charge in [-0.25, -0.2) is 18.7 Å². The van der Waals surface area contributed by atoms with Gasteiger partial charge in [0.25, 0.3) is 0 Å². The van der Waals surface area contributed by atoms with Gasteiger partial charge in [0.05, 0.1) is 18.8 Å². The molecule has 248 valence electrons. The summed E-state index contributed by atoms with van der Waals surface area (Å²) >= 11 is 0. The zero-order chi connectivity index (χ0) is 33.9. The summed E-state index contributed by atoms with van der Waals surface area (Å²) in [5.41, 5.74) is 5.33. The fourth-order valence-electron chi connectivity index (χ4n) is 5.34. The predicted molar refractivity (Wildman–Crippen MR) is 179 cm³/mol. The molecule has 11 nitrogen and oxygen atoms in total. The van der Waals surface area contributed by atoms with Crippen LogP contribution in [0.25, 0.3) is 11.1 Å². The van der Waals surface area contributed by atoms with Crippen molar-refractivity contribution in [3.63, 3.8) is 0 Å². The van der Waals surface area contributed by atoms with Gasteiger partial charge in [-0.1, -0.05) is 29.5 Å². The normalized spacial score (nSPS) is 14.1. The van der Waals surface area contributed by atoms with Crippen molar-refractivity contribution in [2.45, 2.75) is 71.9 Å². The number of fused-ring (bicyclic) bond motifs is 3. The molecule has 2 amide bonds. The summed E-state index contributed by atoms with van der Waals surface area (Å²) in [6.45, 7) is 10.7. The largest absolute Gasteiger partial charge is 0.487 e. The van der Waals surface area contributed by atoms with Gasteiger partial charge in [-0.15, -0.1) is 5.10 Å². The summed E-state index contributed by atoms with van der Waals surface area (Å²) in [5, 5.41) is 13.6. The van der Waals surface area contributed by atoms with Crippen LogP contribution in [0.15, 0.2) is 66.9 Å². The van der Waals surface area contributed by atoms with Crippen LogP contribution in [0.4, 0.5) is 31.0 Å². The highest BCUT2D eigenvalue weighted by Crippen LogP contribution is 2.48. The third kappa shape index (κ3) is 8.37. The second-order valence-electron chi connectivity index (χ2n) is 13.3. The molecule has 0 saturated carbocycles. The zero-order valence-electron chi connectivity index (χ0n) is 27.8. The zero-order valence-corrected chi connectivity index (χ0v) is 27.8. The molecule has 1 atom stereocenters. The van der Waals surface area contributed by atoms with Gasteiger partial charge in [0, 0.05) is 29.7 Å². The first-order chi connectivity index (χ1) is 22.2. The number of aromatic nitrogens is 3. The molecule has 0 aliphatic carbocycles. The lowest BCUT2D eigenvalue weighted by Gasteiger charge is -2.38. The average molecular weight is 645 g/mol. The number of carbonyl (C=O) groups excluding carboxylic acids is 2. The van der Waals surface area contributed by atoms with Crippen molar-refractivity contribution in [1.29, 1.82) is 0 Å². The van der Waals surface area contributed by atoms with E-state index < -0.39 is 30.1 Å². The van der Waals surface area contributed by atoms with E-state index in [1.807, 2.05) is 109 Å². The number of ether oxygens (including phenoxy) is 3. The molecule has 12 heteroatoms. The Hall–Kier alpha value is -5.13. The summed E-state index contributed by atoms with van der Waals surface area (Å²) < 4.78 is 30.9.